The third-order valence-electron chi connectivity index (χ3n) is 3.17. The number of imidazole rings is 1. The molecule has 2 aromatic heterocycles. The summed E-state index contributed by atoms with van der Waals surface area (Å²) in [7, 11) is 1.66. The van der Waals surface area contributed by atoms with Gasteiger partial charge in [0.1, 0.15) is 17.1 Å². The molecule has 0 amide bonds. The van der Waals surface area contributed by atoms with Crippen LogP contribution in [-0.2, 0) is 6.42 Å². The van der Waals surface area contributed by atoms with E-state index in [2.05, 4.69) is 14.5 Å². The quantitative estimate of drug-likeness (QED) is 0.692. The lowest BCUT2D eigenvalue weighted by Gasteiger charge is -2.09. The summed E-state index contributed by atoms with van der Waals surface area (Å²) in [5.74, 6) is 2.30. The molecule has 0 unspecified atom stereocenters. The third kappa shape index (κ3) is 2.23. The van der Waals surface area contributed by atoms with Gasteiger partial charge in [-0.2, -0.15) is 0 Å². The van der Waals surface area contributed by atoms with Crippen molar-refractivity contribution in [1.82, 2.24) is 14.5 Å². The maximum absolute atomic E-state index is 5.88. The summed E-state index contributed by atoms with van der Waals surface area (Å²) in [4.78, 5) is 8.73. The zero-order valence-corrected chi connectivity index (χ0v) is 11.8. The summed E-state index contributed by atoms with van der Waals surface area (Å²) >= 11 is 5.88. The van der Waals surface area contributed by atoms with Crippen LogP contribution in [0, 0.1) is 0 Å². The number of fused-ring (bicyclic) bond motifs is 1. The van der Waals surface area contributed by atoms with E-state index < -0.39 is 0 Å². The number of nitrogens with zero attached hydrogens (tertiary/aromatic N) is 3. The molecule has 0 radical (unpaired) electrons. The van der Waals surface area contributed by atoms with Gasteiger partial charge in [0.2, 0.25) is 0 Å². The number of aryl methyl sites for hydroxylation is 1. The number of alkyl halides is 1. The smallest absolute Gasteiger partial charge is 0.119 e. The predicted molar refractivity (Wildman–Crippen MR) is 79.8 cm³/mol. The first-order chi connectivity index (χ1) is 9.83. The molecule has 0 atom stereocenters. The van der Waals surface area contributed by atoms with Crippen LogP contribution in [0.4, 0.5) is 0 Å². The molecule has 0 saturated heterocycles. The Morgan fingerprint density at radius 3 is 2.70 bits per heavy atom. The highest BCUT2D eigenvalue weighted by molar-refractivity contribution is 6.17. The van der Waals surface area contributed by atoms with Crippen molar-refractivity contribution in [1.29, 1.82) is 0 Å². The van der Waals surface area contributed by atoms with Crippen molar-refractivity contribution in [2.45, 2.75) is 6.42 Å². The monoisotopic (exact) mass is 287 g/mol. The van der Waals surface area contributed by atoms with E-state index in [1.54, 1.807) is 19.5 Å². The summed E-state index contributed by atoms with van der Waals surface area (Å²) in [5.41, 5.74) is 2.95. The molecule has 0 aliphatic carbocycles. The van der Waals surface area contributed by atoms with E-state index in [4.69, 9.17) is 16.3 Å². The number of ether oxygens (including phenoxy) is 1. The molecule has 0 aliphatic heterocycles. The number of pyridine rings is 1. The van der Waals surface area contributed by atoms with E-state index in [1.165, 1.54) is 0 Å². The minimum atomic E-state index is 0.535. The van der Waals surface area contributed by atoms with E-state index in [-0.39, 0.29) is 0 Å². The molecule has 1 aromatic carbocycles. The Hall–Kier alpha value is -2.07. The SMILES string of the molecule is COc1ccc(-n2c(CCCl)nc3cnccc32)cc1. The van der Waals surface area contributed by atoms with Crippen molar-refractivity contribution in [3.05, 3.63) is 48.5 Å². The van der Waals surface area contributed by atoms with E-state index in [0.717, 1.165) is 28.3 Å². The Kier molecular flexibility index (Phi) is 3.56. The zero-order chi connectivity index (χ0) is 13.9. The first kappa shape index (κ1) is 12.9. The Labute approximate surface area is 122 Å². The van der Waals surface area contributed by atoms with Crippen LogP contribution in [0.5, 0.6) is 5.75 Å². The molecule has 3 aromatic rings. The number of benzene rings is 1. The van der Waals surface area contributed by atoms with Gasteiger partial charge in [-0.1, -0.05) is 0 Å². The van der Waals surface area contributed by atoms with Gasteiger partial charge in [0.25, 0.3) is 0 Å². The molecule has 0 saturated carbocycles. The number of methoxy groups -OCH3 is 1. The summed E-state index contributed by atoms with van der Waals surface area (Å²) in [6.45, 7) is 0. The van der Waals surface area contributed by atoms with Crippen molar-refractivity contribution in [3.63, 3.8) is 0 Å². The first-order valence-electron chi connectivity index (χ1n) is 6.35. The molecule has 20 heavy (non-hydrogen) atoms. The lowest BCUT2D eigenvalue weighted by atomic mass is 10.2. The van der Waals surface area contributed by atoms with Crippen molar-refractivity contribution >= 4 is 22.6 Å². The number of hydrogen-bond donors (Lipinski definition) is 0. The number of aromatic nitrogens is 3. The zero-order valence-electron chi connectivity index (χ0n) is 11.1. The molecule has 0 aliphatic rings. The van der Waals surface area contributed by atoms with Crippen molar-refractivity contribution in [2.24, 2.45) is 0 Å². The van der Waals surface area contributed by atoms with Crippen LogP contribution < -0.4 is 4.74 Å². The molecule has 102 valence electrons. The summed E-state index contributed by atoms with van der Waals surface area (Å²) < 4.78 is 7.31. The Balaban J connectivity index is 2.18. The first-order valence-corrected chi connectivity index (χ1v) is 6.88. The molecule has 3 rings (SSSR count). The Morgan fingerprint density at radius 2 is 2.00 bits per heavy atom. The van der Waals surface area contributed by atoms with Crippen molar-refractivity contribution in [3.8, 4) is 11.4 Å². The molecule has 0 fully saturated rings. The normalized spacial score (nSPS) is 10.9. The van der Waals surface area contributed by atoms with Gasteiger partial charge in [0.15, 0.2) is 0 Å². The fourth-order valence-corrected chi connectivity index (χ4v) is 2.42. The van der Waals surface area contributed by atoms with Gasteiger partial charge in [-0.15, -0.1) is 11.6 Å². The van der Waals surface area contributed by atoms with Gasteiger partial charge in [-0.25, -0.2) is 4.98 Å². The fraction of sp³-hybridized carbons (Fsp3) is 0.200. The van der Waals surface area contributed by atoms with Crippen LogP contribution in [0.3, 0.4) is 0 Å². The second-order valence-corrected chi connectivity index (χ2v) is 4.74. The maximum atomic E-state index is 5.88. The molecular formula is C15H14ClN3O. The molecule has 0 N–H and O–H groups in total. The van der Waals surface area contributed by atoms with Gasteiger partial charge >= 0.3 is 0 Å². The van der Waals surface area contributed by atoms with E-state index in [0.29, 0.717) is 12.3 Å². The van der Waals surface area contributed by atoms with Crippen LogP contribution in [-0.4, -0.2) is 27.5 Å². The maximum Gasteiger partial charge on any atom is 0.119 e. The summed E-state index contributed by atoms with van der Waals surface area (Å²) in [6.07, 6.45) is 4.25. The van der Waals surface area contributed by atoms with Gasteiger partial charge in [-0.3, -0.25) is 9.55 Å². The Morgan fingerprint density at radius 1 is 1.20 bits per heavy atom. The highest BCUT2D eigenvalue weighted by atomic mass is 35.5. The average molecular weight is 288 g/mol. The van der Waals surface area contributed by atoms with Crippen LogP contribution in [0.25, 0.3) is 16.7 Å². The van der Waals surface area contributed by atoms with Crippen LogP contribution in [0.1, 0.15) is 5.82 Å². The molecule has 0 bridgehead atoms. The van der Waals surface area contributed by atoms with Gasteiger partial charge < -0.3 is 4.74 Å². The lowest BCUT2D eigenvalue weighted by molar-refractivity contribution is 0.414. The summed E-state index contributed by atoms with van der Waals surface area (Å²) in [6, 6.07) is 9.86. The molecule has 0 spiro atoms. The molecule has 4 nitrogen and oxygen atoms in total. The minimum Gasteiger partial charge on any atom is -0.497 e. The third-order valence-corrected chi connectivity index (χ3v) is 3.36. The Bertz CT molecular complexity index is 722. The van der Waals surface area contributed by atoms with Crippen molar-refractivity contribution < 1.29 is 4.74 Å². The minimum absolute atomic E-state index is 0.535. The van der Waals surface area contributed by atoms with Crippen LogP contribution in [0.2, 0.25) is 0 Å². The summed E-state index contributed by atoms with van der Waals surface area (Å²) in [5, 5.41) is 0. The van der Waals surface area contributed by atoms with Crippen LogP contribution in [0.15, 0.2) is 42.7 Å². The molecule has 5 heteroatoms. The number of hydrogen-bond acceptors (Lipinski definition) is 3. The van der Waals surface area contributed by atoms with E-state index >= 15 is 0 Å². The van der Waals surface area contributed by atoms with Gasteiger partial charge in [0, 0.05) is 24.2 Å². The molecular weight excluding hydrogens is 274 g/mol. The standard InChI is InChI=1S/C15H14ClN3O/c1-20-12-4-2-11(3-5-12)19-14-7-9-17-10-13(14)18-15(19)6-8-16/h2-5,7,9-10H,6,8H2,1H3. The number of rotatable bonds is 4. The average Bonchev–Trinajstić information content (AvgIpc) is 2.86. The second-order valence-electron chi connectivity index (χ2n) is 4.36. The van der Waals surface area contributed by atoms with E-state index in [9.17, 15) is 0 Å². The highest BCUT2D eigenvalue weighted by Crippen LogP contribution is 2.23. The van der Waals surface area contributed by atoms with Crippen molar-refractivity contribution in [2.75, 3.05) is 13.0 Å². The van der Waals surface area contributed by atoms with Crippen LogP contribution >= 0.6 is 11.6 Å². The predicted octanol–water partition coefficient (Wildman–Crippen LogP) is 3.21. The topological polar surface area (TPSA) is 39.9 Å². The van der Waals surface area contributed by atoms with E-state index in [1.807, 2.05) is 30.3 Å². The number of halogens is 1. The largest absolute Gasteiger partial charge is 0.497 e. The lowest BCUT2D eigenvalue weighted by Crippen LogP contribution is -2.02. The van der Waals surface area contributed by atoms with Gasteiger partial charge in [0.05, 0.1) is 18.8 Å². The fourth-order valence-electron chi connectivity index (χ4n) is 2.25. The molecule has 2 heterocycles. The highest BCUT2D eigenvalue weighted by Gasteiger charge is 2.11. The second kappa shape index (κ2) is 5.51. The van der Waals surface area contributed by atoms with Gasteiger partial charge in [-0.05, 0) is 30.3 Å².